The average molecular weight is 302 g/mol. The third kappa shape index (κ3) is 3.55. The Balaban J connectivity index is 1.78. The molecular weight excluding hydrogens is 272 g/mol. The van der Waals surface area contributed by atoms with Gasteiger partial charge in [0.15, 0.2) is 0 Å². The fourth-order valence-corrected chi connectivity index (χ4v) is 3.76. The summed E-state index contributed by atoms with van der Waals surface area (Å²) < 4.78 is 12.0. The molecule has 2 aliphatic heterocycles. The summed E-state index contributed by atoms with van der Waals surface area (Å²) in [5, 5.41) is 0. The number of hydrogen-bond donors (Lipinski definition) is 0. The predicted molar refractivity (Wildman–Crippen MR) is 90.9 cm³/mol. The van der Waals surface area contributed by atoms with Gasteiger partial charge in [-0.25, -0.2) is 0 Å². The van der Waals surface area contributed by atoms with Crippen LogP contribution < -0.4 is 0 Å². The summed E-state index contributed by atoms with van der Waals surface area (Å²) in [6.45, 7) is 9.80. The highest BCUT2D eigenvalue weighted by atomic mass is 16.6. The zero-order chi connectivity index (χ0) is 15.7. The van der Waals surface area contributed by atoms with E-state index in [1.807, 2.05) is 0 Å². The van der Waals surface area contributed by atoms with E-state index in [2.05, 4.69) is 39.8 Å². The maximum absolute atomic E-state index is 6.03. The Morgan fingerprint density at radius 3 is 2.73 bits per heavy atom. The second-order valence-corrected chi connectivity index (χ2v) is 7.60. The normalized spacial score (nSPS) is 36.9. The summed E-state index contributed by atoms with van der Waals surface area (Å²) in [6.07, 6.45) is 12.3. The highest BCUT2D eigenvalue weighted by molar-refractivity contribution is 5.28. The second kappa shape index (κ2) is 6.33. The molecule has 1 saturated heterocycles. The molecule has 2 heteroatoms. The first kappa shape index (κ1) is 16.0. The molecule has 3 aliphatic rings. The number of rotatable bonds is 0. The molecule has 2 nitrogen and oxygen atoms in total. The summed E-state index contributed by atoms with van der Waals surface area (Å²) in [5.41, 5.74) is 5.99. The number of epoxide rings is 1. The minimum Gasteiger partial charge on any atom is -0.366 e. The van der Waals surface area contributed by atoms with Gasteiger partial charge in [-0.2, -0.15) is 0 Å². The molecule has 1 unspecified atom stereocenters. The van der Waals surface area contributed by atoms with Crippen molar-refractivity contribution in [1.29, 1.82) is 0 Å². The maximum Gasteiger partial charge on any atom is 0.0977 e. The molecule has 3 rings (SSSR count). The van der Waals surface area contributed by atoms with Crippen LogP contribution in [0.4, 0.5) is 0 Å². The van der Waals surface area contributed by atoms with Crippen molar-refractivity contribution in [2.45, 2.75) is 84.0 Å². The van der Waals surface area contributed by atoms with E-state index in [0.29, 0.717) is 6.10 Å². The molecule has 22 heavy (non-hydrogen) atoms. The SMILES string of the molecule is CC1=CC2OCC(C)=C2CC[C@@]2(C)O[C@@H]2CCC(C)=CCC1. The van der Waals surface area contributed by atoms with Crippen LogP contribution in [0.3, 0.4) is 0 Å². The highest BCUT2D eigenvalue weighted by Gasteiger charge is 2.51. The third-order valence-electron chi connectivity index (χ3n) is 5.57. The smallest absolute Gasteiger partial charge is 0.0977 e. The van der Waals surface area contributed by atoms with Crippen LogP contribution in [0.15, 0.2) is 34.4 Å². The number of fused-ring (bicyclic) bond motifs is 2. The van der Waals surface area contributed by atoms with Crippen molar-refractivity contribution in [3.63, 3.8) is 0 Å². The van der Waals surface area contributed by atoms with Gasteiger partial charge in [-0.05, 0) is 77.4 Å². The minimum atomic E-state index is 0.101. The second-order valence-electron chi connectivity index (χ2n) is 7.60. The summed E-state index contributed by atoms with van der Waals surface area (Å²) in [4.78, 5) is 0. The minimum absolute atomic E-state index is 0.101. The lowest BCUT2D eigenvalue weighted by atomic mass is 9.91. The monoisotopic (exact) mass is 302 g/mol. The van der Waals surface area contributed by atoms with Gasteiger partial charge in [-0.3, -0.25) is 0 Å². The van der Waals surface area contributed by atoms with Gasteiger partial charge in [0, 0.05) is 0 Å². The van der Waals surface area contributed by atoms with Crippen LogP contribution in [0.5, 0.6) is 0 Å². The quantitative estimate of drug-likeness (QED) is 0.458. The number of hydrogen-bond acceptors (Lipinski definition) is 2. The maximum atomic E-state index is 6.03. The van der Waals surface area contributed by atoms with E-state index in [0.717, 1.165) is 32.3 Å². The molecular formula is C20H30O2. The molecule has 0 aromatic carbocycles. The fourth-order valence-electron chi connectivity index (χ4n) is 3.76. The molecule has 0 aromatic heterocycles. The molecule has 0 aromatic rings. The molecule has 1 fully saturated rings. The van der Waals surface area contributed by atoms with Crippen LogP contribution in [0.1, 0.15) is 66.2 Å². The van der Waals surface area contributed by atoms with Crippen molar-refractivity contribution in [3.8, 4) is 0 Å². The van der Waals surface area contributed by atoms with Gasteiger partial charge in [0.2, 0.25) is 0 Å². The van der Waals surface area contributed by atoms with Crippen LogP contribution >= 0.6 is 0 Å². The Labute approximate surface area is 135 Å². The van der Waals surface area contributed by atoms with Gasteiger partial charge >= 0.3 is 0 Å². The van der Waals surface area contributed by atoms with Crippen LogP contribution in [-0.4, -0.2) is 24.4 Å². The van der Waals surface area contributed by atoms with E-state index in [-0.39, 0.29) is 11.7 Å². The lowest BCUT2D eigenvalue weighted by molar-refractivity contribution is 0.150. The Morgan fingerprint density at radius 1 is 1.09 bits per heavy atom. The third-order valence-corrected chi connectivity index (χ3v) is 5.57. The first-order chi connectivity index (χ1) is 10.5. The van der Waals surface area contributed by atoms with Crippen molar-refractivity contribution in [1.82, 2.24) is 0 Å². The standard InChI is InChI=1S/C20H30O2/c1-14-6-5-7-15(2)12-18-17(16(3)13-21-18)10-11-20(4)19(22-20)9-8-14/h6,12,18-19H,5,7-11,13H2,1-4H3/t18?,19-,20-/m1/s1. The summed E-state index contributed by atoms with van der Waals surface area (Å²) in [7, 11) is 0. The van der Waals surface area contributed by atoms with Gasteiger partial charge in [-0.15, -0.1) is 0 Å². The number of ether oxygens (including phenoxy) is 2. The van der Waals surface area contributed by atoms with E-state index < -0.39 is 0 Å². The van der Waals surface area contributed by atoms with E-state index in [4.69, 9.17) is 9.47 Å². The molecule has 3 atom stereocenters. The molecule has 1 aliphatic carbocycles. The summed E-state index contributed by atoms with van der Waals surface area (Å²) >= 11 is 0. The van der Waals surface area contributed by atoms with Crippen molar-refractivity contribution < 1.29 is 9.47 Å². The van der Waals surface area contributed by atoms with Gasteiger partial charge in [0.1, 0.15) is 0 Å². The van der Waals surface area contributed by atoms with Crippen LogP contribution in [-0.2, 0) is 9.47 Å². The molecule has 0 spiro atoms. The molecule has 122 valence electrons. The first-order valence-electron chi connectivity index (χ1n) is 8.79. The average Bonchev–Trinajstić information content (AvgIpc) is 2.99. The molecule has 0 radical (unpaired) electrons. The zero-order valence-electron chi connectivity index (χ0n) is 14.6. The van der Waals surface area contributed by atoms with Gasteiger partial charge in [0.25, 0.3) is 0 Å². The Morgan fingerprint density at radius 2 is 1.91 bits per heavy atom. The van der Waals surface area contributed by atoms with Crippen molar-refractivity contribution in [3.05, 3.63) is 34.4 Å². The van der Waals surface area contributed by atoms with Crippen LogP contribution in [0, 0.1) is 0 Å². The lowest BCUT2D eigenvalue weighted by Crippen LogP contribution is -2.14. The molecule has 0 amide bonds. The van der Waals surface area contributed by atoms with Crippen molar-refractivity contribution in [2.75, 3.05) is 6.61 Å². The topological polar surface area (TPSA) is 21.8 Å². The van der Waals surface area contributed by atoms with Crippen molar-refractivity contribution in [2.24, 2.45) is 0 Å². The van der Waals surface area contributed by atoms with E-state index >= 15 is 0 Å². The lowest BCUT2D eigenvalue weighted by Gasteiger charge is -2.15. The fraction of sp³-hybridized carbons (Fsp3) is 0.700. The summed E-state index contributed by atoms with van der Waals surface area (Å²) in [5.74, 6) is 0. The Hall–Kier alpha value is -0.860. The molecule has 0 bridgehead atoms. The first-order valence-corrected chi connectivity index (χ1v) is 8.79. The predicted octanol–water partition coefficient (Wildman–Crippen LogP) is 5.11. The highest BCUT2D eigenvalue weighted by Crippen LogP contribution is 2.45. The largest absolute Gasteiger partial charge is 0.366 e. The summed E-state index contributed by atoms with van der Waals surface area (Å²) in [6, 6.07) is 0. The van der Waals surface area contributed by atoms with Gasteiger partial charge < -0.3 is 9.47 Å². The van der Waals surface area contributed by atoms with Crippen molar-refractivity contribution >= 4 is 0 Å². The van der Waals surface area contributed by atoms with Crippen LogP contribution in [0.25, 0.3) is 0 Å². The zero-order valence-corrected chi connectivity index (χ0v) is 14.6. The van der Waals surface area contributed by atoms with E-state index in [9.17, 15) is 0 Å². The van der Waals surface area contributed by atoms with Gasteiger partial charge in [-0.1, -0.05) is 23.3 Å². The molecule has 2 heterocycles. The molecule has 0 N–H and O–H groups in total. The van der Waals surface area contributed by atoms with Gasteiger partial charge in [0.05, 0.1) is 24.4 Å². The molecule has 0 saturated carbocycles. The Kier molecular flexibility index (Phi) is 4.61. The Bertz CT molecular complexity index is 526. The van der Waals surface area contributed by atoms with Crippen LogP contribution in [0.2, 0.25) is 0 Å². The van der Waals surface area contributed by atoms with E-state index in [1.54, 1.807) is 0 Å². The number of allylic oxidation sites excluding steroid dienone is 3. The van der Waals surface area contributed by atoms with E-state index in [1.165, 1.54) is 35.1 Å².